The van der Waals surface area contributed by atoms with E-state index in [1.807, 2.05) is 32.5 Å². The number of rotatable bonds is 8. The lowest BCUT2D eigenvalue weighted by Crippen LogP contribution is -2.50. The van der Waals surface area contributed by atoms with Gasteiger partial charge in [0.25, 0.3) is 0 Å². The number of hydrogen-bond acceptors (Lipinski definition) is 3. The van der Waals surface area contributed by atoms with Crippen molar-refractivity contribution in [2.75, 3.05) is 18.6 Å². The van der Waals surface area contributed by atoms with Crippen LogP contribution in [0.3, 0.4) is 0 Å². The van der Waals surface area contributed by atoms with Crippen molar-refractivity contribution in [2.24, 2.45) is 0 Å². The van der Waals surface area contributed by atoms with Crippen LogP contribution in [0.25, 0.3) is 0 Å². The predicted molar refractivity (Wildman–Crippen MR) is 73.0 cm³/mol. The number of carbonyl (C=O) groups is 1. The van der Waals surface area contributed by atoms with E-state index in [9.17, 15) is 4.79 Å². The van der Waals surface area contributed by atoms with Crippen LogP contribution in [0.5, 0.6) is 0 Å². The summed E-state index contributed by atoms with van der Waals surface area (Å²) in [5.41, 5.74) is -0.105. The molecule has 3 nitrogen and oxygen atoms in total. The Bertz CT molecular complexity index is 207. The maximum atomic E-state index is 11.8. The molecule has 0 aromatic carbocycles. The van der Waals surface area contributed by atoms with E-state index in [1.165, 1.54) is 0 Å². The molecule has 0 spiro atoms. The van der Waals surface area contributed by atoms with Crippen LogP contribution in [0, 0.1) is 0 Å². The molecule has 0 rings (SSSR count). The number of thioether (sulfide) groups is 1. The summed E-state index contributed by atoms with van der Waals surface area (Å²) in [6.07, 6.45) is 4.15. The number of carbonyl (C=O) groups excluding carboxylic acids is 1. The van der Waals surface area contributed by atoms with E-state index < -0.39 is 0 Å². The van der Waals surface area contributed by atoms with Crippen molar-refractivity contribution < 1.29 is 4.79 Å². The largest absolute Gasteiger partial charge is 0.350 e. The molecule has 0 bridgehead atoms. The molecule has 1 atom stereocenters. The fourth-order valence-corrected chi connectivity index (χ4v) is 1.59. The predicted octanol–water partition coefficient (Wildman–Crippen LogP) is 2.02. The third-order valence-electron chi connectivity index (χ3n) is 2.71. The van der Waals surface area contributed by atoms with E-state index in [1.54, 1.807) is 0 Å². The minimum atomic E-state index is -0.105. The van der Waals surface area contributed by atoms with E-state index in [-0.39, 0.29) is 17.5 Å². The maximum absolute atomic E-state index is 11.8. The molecule has 16 heavy (non-hydrogen) atoms. The Morgan fingerprint density at radius 1 is 1.44 bits per heavy atom. The van der Waals surface area contributed by atoms with Gasteiger partial charge >= 0.3 is 0 Å². The lowest BCUT2D eigenvalue weighted by atomic mass is 10.0. The van der Waals surface area contributed by atoms with Crippen LogP contribution < -0.4 is 10.6 Å². The molecule has 0 radical (unpaired) electrons. The van der Waals surface area contributed by atoms with Gasteiger partial charge < -0.3 is 10.6 Å². The Morgan fingerprint density at radius 2 is 2.06 bits per heavy atom. The highest BCUT2D eigenvalue weighted by Gasteiger charge is 2.21. The molecule has 0 aromatic rings. The third-order valence-corrected chi connectivity index (χ3v) is 3.41. The van der Waals surface area contributed by atoms with Gasteiger partial charge in [-0.2, -0.15) is 11.8 Å². The molecule has 0 aliphatic heterocycles. The fourth-order valence-electron chi connectivity index (χ4n) is 1.16. The summed E-state index contributed by atoms with van der Waals surface area (Å²) in [6.45, 7) is 9.00. The highest BCUT2D eigenvalue weighted by Crippen LogP contribution is 2.06. The Hall–Kier alpha value is -0.220. The van der Waals surface area contributed by atoms with Gasteiger partial charge in [0.2, 0.25) is 5.91 Å². The standard InChI is InChI=1S/C12H26N2OS/c1-6-12(3,4)14-11(15)10(2)13-8-7-9-16-5/h10,13H,6-9H2,1-5H3,(H,14,15). The normalized spacial score (nSPS) is 13.6. The molecule has 0 heterocycles. The zero-order valence-corrected chi connectivity index (χ0v) is 12.0. The zero-order chi connectivity index (χ0) is 12.6. The van der Waals surface area contributed by atoms with Crippen LogP contribution in [0.4, 0.5) is 0 Å². The summed E-state index contributed by atoms with van der Waals surface area (Å²) >= 11 is 1.83. The Kier molecular flexibility index (Phi) is 7.85. The first kappa shape index (κ1) is 15.8. The number of hydrogen-bond donors (Lipinski definition) is 2. The maximum Gasteiger partial charge on any atom is 0.237 e. The van der Waals surface area contributed by atoms with Gasteiger partial charge in [-0.3, -0.25) is 4.79 Å². The fraction of sp³-hybridized carbons (Fsp3) is 0.917. The van der Waals surface area contributed by atoms with Crippen molar-refractivity contribution in [2.45, 2.75) is 52.1 Å². The SMILES string of the molecule is CCC(C)(C)NC(=O)C(C)NCCCSC. The summed E-state index contributed by atoms with van der Waals surface area (Å²) in [4.78, 5) is 11.8. The van der Waals surface area contributed by atoms with E-state index in [4.69, 9.17) is 0 Å². The lowest BCUT2D eigenvalue weighted by molar-refractivity contribution is -0.124. The highest BCUT2D eigenvalue weighted by atomic mass is 32.2. The van der Waals surface area contributed by atoms with Gasteiger partial charge in [-0.05, 0) is 52.2 Å². The molecule has 4 heteroatoms. The zero-order valence-electron chi connectivity index (χ0n) is 11.2. The second kappa shape index (κ2) is 7.96. The summed E-state index contributed by atoms with van der Waals surface area (Å²) < 4.78 is 0. The molecule has 0 aromatic heterocycles. The molecule has 1 unspecified atom stereocenters. The highest BCUT2D eigenvalue weighted by molar-refractivity contribution is 7.98. The number of nitrogens with one attached hydrogen (secondary N) is 2. The molecule has 0 aliphatic carbocycles. The van der Waals surface area contributed by atoms with Crippen molar-refractivity contribution in [1.29, 1.82) is 0 Å². The van der Waals surface area contributed by atoms with Crippen molar-refractivity contribution >= 4 is 17.7 Å². The Balaban J connectivity index is 3.82. The van der Waals surface area contributed by atoms with Crippen LogP contribution in [0.15, 0.2) is 0 Å². The van der Waals surface area contributed by atoms with Gasteiger partial charge in [0.15, 0.2) is 0 Å². The van der Waals surface area contributed by atoms with E-state index >= 15 is 0 Å². The molecule has 0 saturated heterocycles. The first-order chi connectivity index (χ1) is 7.43. The van der Waals surface area contributed by atoms with Crippen molar-refractivity contribution in [3.8, 4) is 0 Å². The molecular weight excluding hydrogens is 220 g/mol. The van der Waals surface area contributed by atoms with Crippen molar-refractivity contribution in [1.82, 2.24) is 10.6 Å². The minimum absolute atomic E-state index is 0.0935. The van der Waals surface area contributed by atoms with Crippen LogP contribution in [0.1, 0.15) is 40.5 Å². The summed E-state index contributed by atoms with van der Waals surface area (Å²) in [7, 11) is 0. The quantitative estimate of drug-likeness (QED) is 0.644. The van der Waals surface area contributed by atoms with Crippen LogP contribution in [-0.2, 0) is 4.79 Å². The Morgan fingerprint density at radius 3 is 2.56 bits per heavy atom. The summed E-state index contributed by atoms with van der Waals surface area (Å²) in [5.74, 6) is 1.23. The molecule has 0 aliphatic rings. The van der Waals surface area contributed by atoms with Crippen LogP contribution in [0.2, 0.25) is 0 Å². The molecule has 2 N–H and O–H groups in total. The molecule has 0 fully saturated rings. The first-order valence-electron chi connectivity index (χ1n) is 5.97. The minimum Gasteiger partial charge on any atom is -0.350 e. The van der Waals surface area contributed by atoms with E-state index in [0.717, 1.165) is 25.1 Å². The van der Waals surface area contributed by atoms with Crippen molar-refractivity contribution in [3.05, 3.63) is 0 Å². The monoisotopic (exact) mass is 246 g/mol. The van der Waals surface area contributed by atoms with Gasteiger partial charge in [-0.1, -0.05) is 6.92 Å². The van der Waals surface area contributed by atoms with Gasteiger partial charge in [0, 0.05) is 5.54 Å². The van der Waals surface area contributed by atoms with Gasteiger partial charge in [0.05, 0.1) is 6.04 Å². The molecular formula is C12H26N2OS. The average molecular weight is 246 g/mol. The lowest BCUT2D eigenvalue weighted by Gasteiger charge is -2.26. The second-order valence-corrected chi connectivity index (χ2v) is 5.73. The van der Waals surface area contributed by atoms with E-state index in [0.29, 0.717) is 0 Å². The second-order valence-electron chi connectivity index (χ2n) is 4.75. The van der Waals surface area contributed by atoms with E-state index in [2.05, 4.69) is 23.8 Å². The summed E-state index contributed by atoms with van der Waals surface area (Å²) in [6, 6.07) is -0.104. The molecule has 0 saturated carbocycles. The summed E-state index contributed by atoms with van der Waals surface area (Å²) in [5, 5.41) is 6.28. The van der Waals surface area contributed by atoms with Crippen LogP contribution >= 0.6 is 11.8 Å². The first-order valence-corrected chi connectivity index (χ1v) is 7.36. The molecule has 96 valence electrons. The van der Waals surface area contributed by atoms with Crippen molar-refractivity contribution in [3.63, 3.8) is 0 Å². The van der Waals surface area contributed by atoms with Crippen LogP contribution in [-0.4, -0.2) is 36.0 Å². The molecule has 1 amide bonds. The topological polar surface area (TPSA) is 41.1 Å². The average Bonchev–Trinajstić information content (AvgIpc) is 2.23. The van der Waals surface area contributed by atoms with Gasteiger partial charge in [-0.15, -0.1) is 0 Å². The van der Waals surface area contributed by atoms with Gasteiger partial charge in [-0.25, -0.2) is 0 Å². The smallest absolute Gasteiger partial charge is 0.237 e. The number of amides is 1. The Labute approximate surface area is 104 Å². The third kappa shape index (κ3) is 7.12. The van der Waals surface area contributed by atoms with Gasteiger partial charge in [0.1, 0.15) is 0 Å².